The Balaban J connectivity index is 0.00000243. The number of benzene rings is 3. The van der Waals surface area contributed by atoms with Gasteiger partial charge in [0.1, 0.15) is 17.1 Å². The second-order valence-corrected chi connectivity index (χ2v) is 6.65. The van der Waals surface area contributed by atoms with Gasteiger partial charge in [0.2, 0.25) is 0 Å². The second kappa shape index (κ2) is 9.60. The average molecular weight is 357 g/mol. The SMILES string of the molecule is COc1cccc(OC)c1C(=O)Pc1ccccc1-c1ccccc1.[Li+]. The monoisotopic (exact) mass is 357 g/mol. The van der Waals surface area contributed by atoms with Crippen molar-refractivity contribution in [3.8, 4) is 22.6 Å². The topological polar surface area (TPSA) is 35.5 Å². The van der Waals surface area contributed by atoms with E-state index in [4.69, 9.17) is 9.47 Å². The zero-order valence-corrected chi connectivity index (χ0v) is 16.2. The van der Waals surface area contributed by atoms with E-state index >= 15 is 0 Å². The summed E-state index contributed by atoms with van der Waals surface area (Å²) in [5.74, 6) is 1.07. The van der Waals surface area contributed by atoms with E-state index in [-0.39, 0.29) is 33.0 Å². The van der Waals surface area contributed by atoms with Crippen molar-refractivity contribution in [2.75, 3.05) is 14.2 Å². The summed E-state index contributed by atoms with van der Waals surface area (Å²) < 4.78 is 10.7. The zero-order valence-electron chi connectivity index (χ0n) is 15.2. The first kappa shape index (κ1) is 20.3. The maximum atomic E-state index is 13.0. The van der Waals surface area contributed by atoms with E-state index in [0.717, 1.165) is 16.4 Å². The zero-order chi connectivity index (χ0) is 17.6. The minimum Gasteiger partial charge on any atom is -0.496 e. The molecule has 0 spiro atoms. The first-order valence-electron chi connectivity index (χ1n) is 7.91. The molecule has 0 fully saturated rings. The van der Waals surface area contributed by atoms with Crippen LogP contribution in [0.4, 0.5) is 0 Å². The van der Waals surface area contributed by atoms with E-state index in [1.165, 1.54) is 0 Å². The number of carbonyl (C=O) groups excluding carboxylic acids is 1. The van der Waals surface area contributed by atoms with Crippen LogP contribution in [-0.4, -0.2) is 19.7 Å². The van der Waals surface area contributed by atoms with Gasteiger partial charge in [0.05, 0.1) is 14.2 Å². The Kier molecular flexibility index (Phi) is 7.48. The number of methoxy groups -OCH3 is 2. The van der Waals surface area contributed by atoms with Gasteiger partial charge >= 0.3 is 18.9 Å². The summed E-state index contributed by atoms with van der Waals surface area (Å²) in [4.78, 5) is 13.0. The molecule has 3 aromatic carbocycles. The second-order valence-electron chi connectivity index (χ2n) is 5.40. The number of rotatable bonds is 6. The maximum Gasteiger partial charge on any atom is 1.00 e. The molecule has 1 atom stereocenters. The van der Waals surface area contributed by atoms with Gasteiger partial charge in [0, 0.05) is 0 Å². The predicted octanol–water partition coefficient (Wildman–Crippen LogP) is 1.52. The van der Waals surface area contributed by atoms with Gasteiger partial charge in [-0.3, -0.25) is 4.79 Å². The van der Waals surface area contributed by atoms with Gasteiger partial charge in [-0.15, -0.1) is 0 Å². The Labute approximate surface area is 167 Å². The smallest absolute Gasteiger partial charge is 0.496 e. The Bertz CT molecular complexity index is 859. The molecular formula is C21H19LiO3P+. The summed E-state index contributed by atoms with van der Waals surface area (Å²) in [6, 6.07) is 23.5. The summed E-state index contributed by atoms with van der Waals surface area (Å²) in [7, 11) is 3.10. The molecule has 0 amide bonds. The van der Waals surface area contributed by atoms with Crippen LogP contribution in [0.3, 0.4) is 0 Å². The molecule has 126 valence electrons. The van der Waals surface area contributed by atoms with E-state index in [2.05, 4.69) is 12.1 Å². The van der Waals surface area contributed by atoms with E-state index < -0.39 is 0 Å². The van der Waals surface area contributed by atoms with Crippen molar-refractivity contribution in [3.05, 3.63) is 78.4 Å². The number of ether oxygens (including phenoxy) is 2. The standard InChI is InChI=1S/C21H19O3P.Li/c1-23-17-12-8-13-18(24-2)20(17)21(22)25-19-14-7-6-11-16(19)15-9-4-3-5-10-15;/h3-14,25H,1-2H3;/q;+1. The van der Waals surface area contributed by atoms with Gasteiger partial charge in [-0.25, -0.2) is 0 Å². The van der Waals surface area contributed by atoms with Crippen LogP contribution in [0.15, 0.2) is 72.8 Å². The van der Waals surface area contributed by atoms with E-state index in [1.54, 1.807) is 26.4 Å². The molecule has 0 bridgehead atoms. The molecular weight excluding hydrogens is 338 g/mol. The molecule has 0 saturated heterocycles. The van der Waals surface area contributed by atoms with Crippen LogP contribution >= 0.6 is 8.58 Å². The first-order valence-corrected chi connectivity index (χ1v) is 8.91. The van der Waals surface area contributed by atoms with Gasteiger partial charge in [0.15, 0.2) is 5.52 Å². The van der Waals surface area contributed by atoms with Crippen molar-refractivity contribution in [3.63, 3.8) is 0 Å². The molecule has 0 radical (unpaired) electrons. The third-order valence-corrected chi connectivity index (χ3v) is 5.10. The van der Waals surface area contributed by atoms with Crippen molar-refractivity contribution in [1.82, 2.24) is 0 Å². The molecule has 0 aliphatic heterocycles. The minimum absolute atomic E-state index is 0. The van der Waals surface area contributed by atoms with Crippen molar-refractivity contribution in [1.29, 1.82) is 0 Å². The van der Waals surface area contributed by atoms with E-state index in [0.29, 0.717) is 17.1 Å². The molecule has 0 aliphatic rings. The average Bonchev–Trinajstić information content (AvgIpc) is 2.68. The summed E-state index contributed by atoms with van der Waals surface area (Å²) in [6.07, 6.45) is 0. The molecule has 0 aliphatic carbocycles. The van der Waals surface area contributed by atoms with Gasteiger partial charge in [0.25, 0.3) is 0 Å². The largest absolute Gasteiger partial charge is 1.00 e. The number of carbonyl (C=O) groups is 1. The molecule has 0 aromatic heterocycles. The Morgan fingerprint density at radius 2 is 1.35 bits per heavy atom. The maximum absolute atomic E-state index is 13.0. The van der Waals surface area contributed by atoms with Gasteiger partial charge < -0.3 is 9.47 Å². The summed E-state index contributed by atoms with van der Waals surface area (Å²) in [6.45, 7) is 0. The minimum atomic E-state index is -0.0200. The van der Waals surface area contributed by atoms with Gasteiger partial charge in [-0.2, -0.15) is 0 Å². The fourth-order valence-electron chi connectivity index (χ4n) is 2.72. The van der Waals surface area contributed by atoms with Crippen LogP contribution in [0.5, 0.6) is 11.5 Å². The third kappa shape index (κ3) is 4.37. The van der Waals surface area contributed by atoms with Gasteiger partial charge in [-0.05, 0) is 37.1 Å². The molecule has 5 heteroatoms. The van der Waals surface area contributed by atoms with Crippen LogP contribution in [-0.2, 0) is 0 Å². The molecule has 1 unspecified atom stereocenters. The van der Waals surface area contributed by atoms with Crippen molar-refractivity contribution in [2.45, 2.75) is 0 Å². The van der Waals surface area contributed by atoms with Crippen LogP contribution < -0.4 is 33.6 Å². The quantitative estimate of drug-likeness (QED) is 0.496. The molecule has 3 nitrogen and oxygen atoms in total. The first-order chi connectivity index (χ1) is 12.2. The summed E-state index contributed by atoms with van der Waals surface area (Å²) in [5, 5.41) is 1.01. The Morgan fingerprint density at radius 3 is 1.96 bits per heavy atom. The molecule has 26 heavy (non-hydrogen) atoms. The summed E-state index contributed by atoms with van der Waals surface area (Å²) in [5.41, 5.74) is 2.67. The molecule has 3 rings (SSSR count). The molecule has 3 aromatic rings. The molecule has 0 saturated carbocycles. The normalized spacial score (nSPS) is 10.4. The van der Waals surface area contributed by atoms with E-state index in [9.17, 15) is 4.79 Å². The van der Waals surface area contributed by atoms with Crippen molar-refractivity contribution < 1.29 is 33.1 Å². The van der Waals surface area contributed by atoms with Gasteiger partial charge in [-0.1, -0.05) is 60.7 Å². The van der Waals surface area contributed by atoms with Crippen molar-refractivity contribution in [2.24, 2.45) is 0 Å². The summed E-state index contributed by atoms with van der Waals surface area (Å²) >= 11 is 0. The Morgan fingerprint density at radius 1 is 0.769 bits per heavy atom. The van der Waals surface area contributed by atoms with E-state index in [1.807, 2.05) is 48.5 Å². The fourth-order valence-corrected chi connectivity index (χ4v) is 3.88. The number of hydrogen-bond donors (Lipinski definition) is 0. The molecule has 0 heterocycles. The van der Waals surface area contributed by atoms with Crippen molar-refractivity contribution >= 4 is 19.4 Å². The predicted molar refractivity (Wildman–Crippen MR) is 104 cm³/mol. The third-order valence-electron chi connectivity index (χ3n) is 3.91. The number of hydrogen-bond acceptors (Lipinski definition) is 3. The fraction of sp³-hybridized carbons (Fsp3) is 0.0952. The molecule has 0 N–H and O–H groups in total. The van der Waals surface area contributed by atoms with Crippen LogP contribution in [0.25, 0.3) is 11.1 Å². The van der Waals surface area contributed by atoms with Crippen LogP contribution in [0, 0.1) is 0 Å². The van der Waals surface area contributed by atoms with Crippen LogP contribution in [0.2, 0.25) is 0 Å². The Hall–Kier alpha value is -2.04. The van der Waals surface area contributed by atoms with Crippen LogP contribution in [0.1, 0.15) is 10.4 Å².